The number of halogens is 4. The third-order valence-corrected chi connectivity index (χ3v) is 7.77. The van der Waals surface area contributed by atoms with Crippen LogP contribution in [0.5, 0.6) is 0 Å². The van der Waals surface area contributed by atoms with Crippen LogP contribution in [0.2, 0.25) is 20.1 Å². The molecule has 4 aromatic rings. The predicted molar refractivity (Wildman–Crippen MR) is 149 cm³/mol. The maximum atomic E-state index is 11.0. The molecule has 0 radical (unpaired) electrons. The van der Waals surface area contributed by atoms with Crippen LogP contribution in [0.1, 0.15) is 11.4 Å². The molecule has 3 unspecified atom stereocenters. The van der Waals surface area contributed by atoms with Gasteiger partial charge < -0.3 is 29.2 Å². The molecule has 12 nitrogen and oxygen atoms in total. The molecule has 5 rings (SSSR count). The highest BCUT2D eigenvalue weighted by molar-refractivity contribution is 6.42. The second kappa shape index (κ2) is 13.3. The molecule has 0 aliphatic carbocycles. The average Bonchev–Trinajstić information content (AvgIpc) is 3.64. The zero-order valence-electron chi connectivity index (χ0n) is 21.3. The first kappa shape index (κ1) is 30.1. The van der Waals surface area contributed by atoms with Crippen LogP contribution in [0, 0.1) is 0 Å². The fourth-order valence-corrected chi connectivity index (χ4v) is 4.78. The maximum absolute atomic E-state index is 11.0. The number of hydrogen-bond donors (Lipinski definition) is 2. The molecule has 2 aromatic carbocycles. The van der Waals surface area contributed by atoms with Gasteiger partial charge in [0, 0.05) is 7.11 Å². The molecule has 0 spiro atoms. The maximum Gasteiger partial charge on any atom is 0.186 e. The van der Waals surface area contributed by atoms with Crippen LogP contribution in [0.3, 0.4) is 0 Å². The molecule has 2 aromatic heterocycles. The Labute approximate surface area is 254 Å². The number of aliphatic hydroxyl groups excluding tert-OH is 2. The first-order valence-electron chi connectivity index (χ1n) is 12.2. The van der Waals surface area contributed by atoms with Crippen LogP contribution in [-0.2, 0) is 32.2 Å². The predicted octanol–water partition coefficient (Wildman–Crippen LogP) is 3.66. The van der Waals surface area contributed by atoms with E-state index in [4.69, 9.17) is 65.4 Å². The Morgan fingerprint density at radius 1 is 0.805 bits per heavy atom. The average molecular weight is 646 g/mol. The molecule has 1 aliphatic heterocycles. The highest BCUT2D eigenvalue weighted by Crippen LogP contribution is 2.29. The number of methoxy groups -OCH3 is 1. The van der Waals surface area contributed by atoms with Gasteiger partial charge in [-0.25, -0.2) is 9.36 Å². The molecule has 0 amide bonds. The van der Waals surface area contributed by atoms with Gasteiger partial charge in [-0.1, -0.05) is 56.8 Å². The molecular weight excluding hydrogens is 622 g/mol. The molecule has 1 aliphatic rings. The van der Waals surface area contributed by atoms with Crippen LogP contribution in [0.25, 0.3) is 11.4 Å². The Hall–Kier alpha value is -2.36. The summed E-state index contributed by atoms with van der Waals surface area (Å²) in [5.41, 5.74) is 2.25. The standard InChI is InChI=1S/C25H24Cl4N6O6/c1-38-25-24(40-12-14-9-35(33-31-14)16-3-5-18(27)20(29)7-16)23(22(37)21(10-36)41-25)39-11-13-8-34(32-30-13)15-2-4-17(26)19(28)6-15/h2-9,21-25,36-37H,10-12H2,1H3/t21?,22-,23?,24?,25-/m1/s1. The first-order chi connectivity index (χ1) is 19.8. The highest BCUT2D eigenvalue weighted by atomic mass is 35.5. The van der Waals surface area contributed by atoms with Crippen molar-refractivity contribution >= 4 is 46.4 Å². The van der Waals surface area contributed by atoms with Crippen molar-refractivity contribution in [3.8, 4) is 11.4 Å². The molecule has 1 fully saturated rings. The zero-order chi connectivity index (χ0) is 29.1. The summed E-state index contributed by atoms with van der Waals surface area (Å²) in [4.78, 5) is 0. The third kappa shape index (κ3) is 6.83. The van der Waals surface area contributed by atoms with Crippen molar-refractivity contribution < 1.29 is 29.2 Å². The van der Waals surface area contributed by atoms with E-state index in [0.29, 0.717) is 42.9 Å². The van der Waals surface area contributed by atoms with Gasteiger partial charge in [0.25, 0.3) is 0 Å². The van der Waals surface area contributed by atoms with Crippen molar-refractivity contribution in [1.29, 1.82) is 0 Å². The molecule has 1 saturated heterocycles. The van der Waals surface area contributed by atoms with Gasteiger partial charge in [0.1, 0.15) is 35.8 Å². The lowest BCUT2D eigenvalue weighted by Gasteiger charge is -2.43. The van der Waals surface area contributed by atoms with Crippen LogP contribution in [0.4, 0.5) is 0 Å². The fourth-order valence-electron chi connectivity index (χ4n) is 4.20. The molecular formula is C25H24Cl4N6O6. The minimum atomic E-state index is -1.24. The third-order valence-electron chi connectivity index (χ3n) is 6.30. The Bertz CT molecular complexity index is 1490. The van der Waals surface area contributed by atoms with Crippen LogP contribution in [-0.4, -0.2) is 84.6 Å². The van der Waals surface area contributed by atoms with Gasteiger partial charge in [-0.2, -0.15) is 0 Å². The largest absolute Gasteiger partial charge is 0.394 e. The highest BCUT2D eigenvalue weighted by Gasteiger charge is 2.47. The smallest absolute Gasteiger partial charge is 0.186 e. The van der Waals surface area contributed by atoms with Crippen LogP contribution in [0.15, 0.2) is 48.8 Å². The summed E-state index contributed by atoms with van der Waals surface area (Å²) >= 11 is 24.2. The van der Waals surface area contributed by atoms with Gasteiger partial charge in [-0.15, -0.1) is 10.2 Å². The van der Waals surface area contributed by atoms with Crippen molar-refractivity contribution in [2.75, 3.05) is 13.7 Å². The number of benzene rings is 2. The van der Waals surface area contributed by atoms with Gasteiger partial charge in [-0.3, -0.25) is 0 Å². The second-order valence-corrected chi connectivity index (χ2v) is 10.6. The summed E-state index contributed by atoms with van der Waals surface area (Å²) in [5.74, 6) is 0. The van der Waals surface area contributed by atoms with E-state index in [1.54, 1.807) is 48.8 Å². The number of aliphatic hydroxyl groups is 2. The minimum absolute atomic E-state index is 0.0148. The van der Waals surface area contributed by atoms with E-state index in [2.05, 4.69) is 20.6 Å². The summed E-state index contributed by atoms with van der Waals surface area (Å²) in [7, 11) is 1.42. The van der Waals surface area contributed by atoms with Gasteiger partial charge in [0.2, 0.25) is 0 Å². The lowest BCUT2D eigenvalue weighted by atomic mass is 9.98. The summed E-state index contributed by atoms with van der Waals surface area (Å²) in [5, 5.41) is 38.8. The Morgan fingerprint density at radius 2 is 1.32 bits per heavy atom. The molecule has 5 atom stereocenters. The number of aromatic nitrogens is 6. The molecule has 16 heteroatoms. The Balaban J connectivity index is 1.29. The lowest BCUT2D eigenvalue weighted by molar-refractivity contribution is -0.314. The van der Waals surface area contributed by atoms with E-state index in [9.17, 15) is 10.2 Å². The Kier molecular flexibility index (Phi) is 9.77. The minimum Gasteiger partial charge on any atom is -0.394 e. The zero-order valence-corrected chi connectivity index (χ0v) is 24.4. The quantitative estimate of drug-likeness (QED) is 0.263. The van der Waals surface area contributed by atoms with Crippen LogP contribution < -0.4 is 0 Å². The van der Waals surface area contributed by atoms with Crippen molar-refractivity contribution in [1.82, 2.24) is 30.0 Å². The number of hydrogen-bond acceptors (Lipinski definition) is 10. The summed E-state index contributed by atoms with van der Waals surface area (Å²) in [6.07, 6.45) is -1.73. The van der Waals surface area contributed by atoms with Gasteiger partial charge in [-0.05, 0) is 36.4 Å². The van der Waals surface area contributed by atoms with E-state index in [1.807, 2.05) is 0 Å². The summed E-state index contributed by atoms with van der Waals surface area (Å²) in [6.45, 7) is -0.511. The van der Waals surface area contributed by atoms with E-state index >= 15 is 0 Å². The number of ether oxygens (including phenoxy) is 4. The molecule has 0 bridgehead atoms. The van der Waals surface area contributed by atoms with E-state index < -0.39 is 37.3 Å². The fraction of sp³-hybridized carbons (Fsp3) is 0.360. The molecule has 218 valence electrons. The lowest BCUT2D eigenvalue weighted by Crippen LogP contribution is -2.60. The molecule has 0 saturated carbocycles. The summed E-state index contributed by atoms with van der Waals surface area (Å²) in [6, 6.07) is 10.1. The Morgan fingerprint density at radius 3 is 1.78 bits per heavy atom. The van der Waals surface area contributed by atoms with E-state index in [0.717, 1.165) is 0 Å². The molecule has 41 heavy (non-hydrogen) atoms. The molecule has 2 N–H and O–H groups in total. The van der Waals surface area contributed by atoms with Gasteiger partial charge >= 0.3 is 0 Å². The summed E-state index contributed by atoms with van der Waals surface area (Å²) < 4.78 is 26.4. The van der Waals surface area contributed by atoms with Crippen LogP contribution >= 0.6 is 46.4 Å². The number of rotatable bonds is 10. The monoisotopic (exact) mass is 644 g/mol. The van der Waals surface area contributed by atoms with Crippen molar-refractivity contribution in [2.24, 2.45) is 0 Å². The van der Waals surface area contributed by atoms with Crippen molar-refractivity contribution in [3.63, 3.8) is 0 Å². The van der Waals surface area contributed by atoms with E-state index in [1.165, 1.54) is 16.5 Å². The van der Waals surface area contributed by atoms with Crippen molar-refractivity contribution in [2.45, 2.75) is 43.9 Å². The van der Waals surface area contributed by atoms with E-state index in [-0.39, 0.29) is 13.2 Å². The van der Waals surface area contributed by atoms with Gasteiger partial charge in [0.05, 0.1) is 63.7 Å². The molecule has 3 heterocycles. The normalized spacial score (nSPS) is 22.8. The first-order valence-corrected chi connectivity index (χ1v) is 13.7. The van der Waals surface area contributed by atoms with Gasteiger partial charge in [0.15, 0.2) is 6.29 Å². The second-order valence-electron chi connectivity index (χ2n) is 9.01. The van der Waals surface area contributed by atoms with Crippen molar-refractivity contribution in [3.05, 3.63) is 80.3 Å². The topological polar surface area (TPSA) is 139 Å². The SMILES string of the molecule is CO[C@@H]1OC(CO)[C@@H](O)C(OCc2cn(-c3ccc(Cl)c(Cl)c3)nn2)C1OCc1cn(-c2ccc(Cl)c(Cl)c2)nn1. The number of nitrogens with zero attached hydrogens (tertiary/aromatic N) is 6.